The number of aromatic amines is 1. The predicted molar refractivity (Wildman–Crippen MR) is 175 cm³/mol. The molecule has 1 heterocycles. The molecule has 1 fully saturated rings. The van der Waals surface area contributed by atoms with Gasteiger partial charge < -0.3 is 31.1 Å². The first kappa shape index (κ1) is 36.7. The first-order valence-corrected chi connectivity index (χ1v) is 16.8. The largest absolute Gasteiger partial charge is 0.481 e. The monoisotopic (exact) mass is 639 g/mol. The number of nitrogens with zero attached hydrogens (tertiary/aromatic N) is 1. The van der Waals surface area contributed by atoms with E-state index in [4.69, 9.17) is 0 Å². The molecule has 2 aromatic rings. The fourth-order valence-corrected chi connectivity index (χ4v) is 6.33. The van der Waals surface area contributed by atoms with E-state index in [0.717, 1.165) is 37.7 Å². The highest BCUT2D eigenvalue weighted by Crippen LogP contribution is 2.30. The average Bonchev–Trinajstić information content (AvgIpc) is 3.56. The number of aliphatic carboxylic acids is 1. The number of hydrogen-bond acceptors (Lipinski definition) is 6. The topological polar surface area (TPSA) is 174 Å². The lowest BCUT2D eigenvalue weighted by molar-refractivity contribution is -0.147. The van der Waals surface area contributed by atoms with Crippen LogP contribution in [0.3, 0.4) is 0 Å². The lowest BCUT2D eigenvalue weighted by atomic mass is 9.80. The van der Waals surface area contributed by atoms with E-state index >= 15 is 0 Å². The molecule has 11 nitrogen and oxygen atoms in total. The zero-order chi connectivity index (χ0) is 33.6. The Morgan fingerprint density at radius 2 is 1.54 bits per heavy atom. The molecule has 1 aromatic carbocycles. The molecule has 0 aliphatic heterocycles. The van der Waals surface area contributed by atoms with Crippen molar-refractivity contribution in [2.45, 2.75) is 116 Å². The van der Waals surface area contributed by atoms with Crippen molar-refractivity contribution in [2.24, 2.45) is 23.7 Å². The maximum atomic E-state index is 14.0. The average molecular weight is 640 g/mol. The number of carboxylic acids is 1. The Hall–Kier alpha value is -3.73. The molecule has 1 aliphatic carbocycles. The Labute approximate surface area is 272 Å². The fraction of sp³-hybridized carbons (Fsp3) is 0.629. The molecule has 0 spiro atoms. The van der Waals surface area contributed by atoms with Gasteiger partial charge in [0.1, 0.15) is 18.0 Å². The van der Waals surface area contributed by atoms with Gasteiger partial charge in [-0.3, -0.25) is 19.2 Å². The number of hydrogen-bond donors (Lipinski definition) is 6. The van der Waals surface area contributed by atoms with Crippen LogP contribution in [0.15, 0.2) is 42.9 Å². The fourth-order valence-electron chi connectivity index (χ4n) is 6.33. The van der Waals surface area contributed by atoms with Gasteiger partial charge in [-0.15, -0.1) is 0 Å². The van der Waals surface area contributed by atoms with E-state index in [2.05, 4.69) is 46.7 Å². The minimum absolute atomic E-state index is 0.0970. The second-order valence-electron chi connectivity index (χ2n) is 13.2. The lowest BCUT2D eigenvalue weighted by Crippen LogP contribution is -2.58. The number of amides is 3. The molecule has 1 unspecified atom stereocenters. The molecule has 0 saturated heterocycles. The first-order valence-electron chi connectivity index (χ1n) is 16.8. The number of benzene rings is 1. The van der Waals surface area contributed by atoms with Gasteiger partial charge >= 0.3 is 5.97 Å². The Morgan fingerprint density at radius 1 is 0.913 bits per heavy atom. The van der Waals surface area contributed by atoms with E-state index < -0.39 is 53.8 Å². The highest BCUT2D eigenvalue weighted by Gasteiger charge is 2.33. The zero-order valence-electron chi connectivity index (χ0n) is 27.7. The van der Waals surface area contributed by atoms with Crippen molar-refractivity contribution in [2.75, 3.05) is 0 Å². The summed E-state index contributed by atoms with van der Waals surface area (Å²) in [4.78, 5) is 59.1. The van der Waals surface area contributed by atoms with Gasteiger partial charge in [0.15, 0.2) is 0 Å². The van der Waals surface area contributed by atoms with E-state index in [-0.39, 0.29) is 12.8 Å². The summed E-state index contributed by atoms with van der Waals surface area (Å²) in [5.41, 5.74) is 1.38. The molecule has 6 atom stereocenters. The first-order chi connectivity index (χ1) is 22.0. The molecule has 11 heteroatoms. The number of nitrogens with one attached hydrogen (secondary N) is 4. The van der Waals surface area contributed by atoms with Gasteiger partial charge in [0.05, 0.1) is 18.5 Å². The van der Waals surface area contributed by atoms with Crippen molar-refractivity contribution < 1.29 is 29.4 Å². The van der Waals surface area contributed by atoms with E-state index in [1.54, 1.807) is 30.5 Å². The molecular formula is C35H53N5O6. The number of carbonyl (C=O) groups excluding carboxylic acids is 3. The van der Waals surface area contributed by atoms with Crippen molar-refractivity contribution in [3.63, 3.8) is 0 Å². The highest BCUT2D eigenvalue weighted by atomic mass is 16.4. The molecule has 3 amide bonds. The second-order valence-corrected chi connectivity index (χ2v) is 13.2. The van der Waals surface area contributed by atoms with Crippen LogP contribution >= 0.6 is 0 Å². The van der Waals surface area contributed by atoms with Crippen LogP contribution in [0.4, 0.5) is 0 Å². The van der Waals surface area contributed by atoms with E-state index in [1.807, 2.05) is 6.07 Å². The van der Waals surface area contributed by atoms with Gasteiger partial charge in [-0.2, -0.15) is 0 Å². The predicted octanol–water partition coefficient (Wildman–Crippen LogP) is 3.77. The molecule has 1 aliphatic rings. The summed E-state index contributed by atoms with van der Waals surface area (Å²) in [6.07, 6.45) is 10.3. The third kappa shape index (κ3) is 11.6. The van der Waals surface area contributed by atoms with Crippen LogP contribution in [0.2, 0.25) is 0 Å². The van der Waals surface area contributed by atoms with Crippen molar-refractivity contribution >= 4 is 23.7 Å². The van der Waals surface area contributed by atoms with Crippen molar-refractivity contribution in [1.29, 1.82) is 0 Å². The summed E-state index contributed by atoms with van der Waals surface area (Å²) in [6, 6.07) is 6.39. The summed E-state index contributed by atoms with van der Waals surface area (Å²) in [7, 11) is 0. The number of carbonyl (C=O) groups is 4. The van der Waals surface area contributed by atoms with Crippen molar-refractivity contribution in [3.8, 4) is 0 Å². The van der Waals surface area contributed by atoms with E-state index in [1.165, 1.54) is 19.7 Å². The Morgan fingerprint density at radius 3 is 2.13 bits per heavy atom. The second kappa shape index (κ2) is 18.4. The molecule has 254 valence electrons. The smallest absolute Gasteiger partial charge is 0.315 e. The minimum Gasteiger partial charge on any atom is -0.481 e. The number of aliphatic hydroxyl groups excluding tert-OH is 1. The van der Waals surface area contributed by atoms with Crippen molar-refractivity contribution in [1.82, 2.24) is 25.9 Å². The Bertz CT molecular complexity index is 1230. The Balaban J connectivity index is 1.85. The number of carboxylic acid groups (broad SMARTS) is 1. The van der Waals surface area contributed by atoms with Gasteiger partial charge in [-0.25, -0.2) is 4.98 Å². The normalized spacial score (nSPS) is 17.7. The highest BCUT2D eigenvalue weighted by molar-refractivity contribution is 5.99. The standard InChI is InChI=1S/C35H53N5O6/c1-5-26(22(2)3)18-31(41)28(16-24-12-8-6-9-13-24)38-34(44)30(19-27-20-36-21-37-27)40-33(43)29(17-25-14-10-7-11-15-25)39-32(42)23(4)35(45)46/h7,10-11,14-15,20-24,26,28-31,41H,5-6,8-9,12-13,16-19H2,1-4H3,(H,36,37)(H,38,44)(H,39,42)(H,40,43)(H,45,46)/t23?,26-,28-,29-,30-,31-/m0/s1. The maximum absolute atomic E-state index is 14.0. The third-order valence-corrected chi connectivity index (χ3v) is 9.41. The van der Waals surface area contributed by atoms with Gasteiger partial charge in [-0.1, -0.05) is 89.6 Å². The van der Waals surface area contributed by atoms with Crippen LogP contribution in [0.5, 0.6) is 0 Å². The SMILES string of the molecule is CC[C@@H](C[C@H](O)[C@H](CC1CCCCC1)NC(=O)[C@H](Cc1cnc[nH]1)NC(=O)[C@H](Cc1ccccc1)NC(=O)C(C)C(=O)O)C(C)C. The summed E-state index contributed by atoms with van der Waals surface area (Å²) in [5, 5.41) is 29.4. The lowest BCUT2D eigenvalue weighted by Gasteiger charge is -2.33. The summed E-state index contributed by atoms with van der Waals surface area (Å²) in [5.74, 6) is -3.45. The van der Waals surface area contributed by atoms with Crippen molar-refractivity contribution in [3.05, 3.63) is 54.1 Å². The molecular weight excluding hydrogens is 586 g/mol. The summed E-state index contributed by atoms with van der Waals surface area (Å²) in [6.45, 7) is 7.66. The number of H-pyrrole nitrogens is 1. The summed E-state index contributed by atoms with van der Waals surface area (Å²) >= 11 is 0. The molecule has 0 bridgehead atoms. The number of rotatable bonds is 18. The molecule has 3 rings (SSSR count). The number of imidazole rings is 1. The number of aromatic nitrogens is 2. The van der Waals surface area contributed by atoms with Crippen LogP contribution in [-0.2, 0) is 32.0 Å². The van der Waals surface area contributed by atoms with Gasteiger partial charge in [0, 0.05) is 24.7 Å². The molecule has 46 heavy (non-hydrogen) atoms. The molecule has 6 N–H and O–H groups in total. The number of aliphatic hydroxyl groups is 1. The zero-order valence-corrected chi connectivity index (χ0v) is 27.7. The van der Waals surface area contributed by atoms with Crippen LogP contribution < -0.4 is 16.0 Å². The summed E-state index contributed by atoms with van der Waals surface area (Å²) < 4.78 is 0. The Kier molecular flexibility index (Phi) is 14.7. The van der Waals surface area contributed by atoms with Crippen LogP contribution in [0.1, 0.15) is 90.3 Å². The maximum Gasteiger partial charge on any atom is 0.315 e. The van der Waals surface area contributed by atoms with Gasteiger partial charge in [0.25, 0.3) is 0 Å². The molecule has 1 aromatic heterocycles. The quantitative estimate of drug-likeness (QED) is 0.135. The van der Waals surface area contributed by atoms with Crippen LogP contribution in [-0.4, -0.2) is 68.1 Å². The van der Waals surface area contributed by atoms with E-state index in [9.17, 15) is 29.4 Å². The third-order valence-electron chi connectivity index (χ3n) is 9.41. The van der Waals surface area contributed by atoms with Gasteiger partial charge in [0.2, 0.25) is 17.7 Å². The minimum atomic E-state index is -1.37. The van der Waals surface area contributed by atoms with Crippen LogP contribution in [0.25, 0.3) is 0 Å². The molecule has 1 saturated carbocycles. The molecule has 0 radical (unpaired) electrons. The van der Waals surface area contributed by atoms with Gasteiger partial charge in [-0.05, 0) is 43.1 Å². The van der Waals surface area contributed by atoms with E-state index in [0.29, 0.717) is 36.3 Å². The van der Waals surface area contributed by atoms with Crippen LogP contribution in [0, 0.1) is 23.7 Å².